The Balaban J connectivity index is 1.98. The lowest BCUT2D eigenvalue weighted by molar-refractivity contribution is -0.136. The molecule has 0 saturated heterocycles. The van der Waals surface area contributed by atoms with Crippen molar-refractivity contribution in [2.45, 2.75) is 12.8 Å². The van der Waals surface area contributed by atoms with E-state index in [0.29, 0.717) is 18.0 Å². The van der Waals surface area contributed by atoms with E-state index in [9.17, 15) is 4.79 Å². The molecule has 0 spiro atoms. The number of aliphatic carboxylic acids is 1. The van der Waals surface area contributed by atoms with Crippen LogP contribution in [0, 0.1) is 0 Å². The molecule has 0 atom stereocenters. The lowest BCUT2D eigenvalue weighted by atomic mass is 10.2. The van der Waals surface area contributed by atoms with Gasteiger partial charge in [0.05, 0.1) is 6.42 Å². The van der Waals surface area contributed by atoms with Gasteiger partial charge in [0, 0.05) is 25.0 Å². The number of rotatable bonds is 6. The van der Waals surface area contributed by atoms with Crippen molar-refractivity contribution >= 4 is 34.0 Å². The van der Waals surface area contributed by atoms with Gasteiger partial charge >= 0.3 is 5.97 Å². The predicted molar refractivity (Wildman–Crippen MR) is 79.7 cm³/mol. The molecule has 106 valence electrons. The third-order valence-electron chi connectivity index (χ3n) is 2.71. The van der Waals surface area contributed by atoms with Gasteiger partial charge in [0.1, 0.15) is 5.01 Å². The number of anilines is 1. The second kappa shape index (κ2) is 6.67. The van der Waals surface area contributed by atoms with Crippen molar-refractivity contribution in [1.82, 2.24) is 10.2 Å². The number of hydrogen-bond acceptors (Lipinski definition) is 5. The van der Waals surface area contributed by atoms with Crippen molar-refractivity contribution < 1.29 is 9.90 Å². The first-order valence-corrected chi connectivity index (χ1v) is 7.24. The molecule has 0 saturated carbocycles. The van der Waals surface area contributed by atoms with Crippen LogP contribution < -0.4 is 4.90 Å². The van der Waals surface area contributed by atoms with Gasteiger partial charge in [-0.25, -0.2) is 0 Å². The largest absolute Gasteiger partial charge is 0.481 e. The molecule has 2 rings (SSSR count). The summed E-state index contributed by atoms with van der Waals surface area (Å²) in [7, 11) is 1.82. The quantitative estimate of drug-likeness (QED) is 0.888. The highest BCUT2D eigenvalue weighted by Crippen LogP contribution is 2.22. The van der Waals surface area contributed by atoms with Gasteiger partial charge in [0.2, 0.25) is 5.13 Å². The van der Waals surface area contributed by atoms with E-state index in [1.54, 1.807) is 4.90 Å². The Morgan fingerprint density at radius 3 is 2.70 bits per heavy atom. The fourth-order valence-electron chi connectivity index (χ4n) is 1.61. The molecule has 0 bridgehead atoms. The van der Waals surface area contributed by atoms with Gasteiger partial charge < -0.3 is 10.0 Å². The first-order chi connectivity index (χ1) is 9.54. The SMILES string of the molecule is CN(CCC(=O)O)c1nnc(Cc2ccc(Cl)cc2)s1. The molecule has 1 aromatic carbocycles. The zero-order chi connectivity index (χ0) is 14.5. The van der Waals surface area contributed by atoms with Crippen LogP contribution in [0.5, 0.6) is 0 Å². The third-order valence-corrected chi connectivity index (χ3v) is 4.00. The zero-order valence-electron chi connectivity index (χ0n) is 10.9. The second-order valence-corrected chi connectivity index (χ2v) is 5.82. The minimum atomic E-state index is -0.817. The number of halogens is 1. The summed E-state index contributed by atoms with van der Waals surface area (Å²) in [6.07, 6.45) is 0.782. The van der Waals surface area contributed by atoms with E-state index in [2.05, 4.69) is 10.2 Å². The highest BCUT2D eigenvalue weighted by molar-refractivity contribution is 7.15. The Labute approximate surface area is 125 Å². The first-order valence-electron chi connectivity index (χ1n) is 6.04. The Bertz CT molecular complexity index is 586. The standard InChI is InChI=1S/C13H14ClN3O2S/c1-17(7-6-12(18)19)13-16-15-11(20-13)8-9-2-4-10(14)5-3-9/h2-5H,6-8H2,1H3,(H,18,19). The molecule has 0 aliphatic carbocycles. The summed E-state index contributed by atoms with van der Waals surface area (Å²) in [5, 5.41) is 19.2. The summed E-state index contributed by atoms with van der Waals surface area (Å²) < 4.78 is 0. The molecular formula is C13H14ClN3O2S. The van der Waals surface area contributed by atoms with Crippen LogP contribution in [0.3, 0.4) is 0 Å². The van der Waals surface area contributed by atoms with Gasteiger partial charge in [-0.3, -0.25) is 4.79 Å². The normalized spacial score (nSPS) is 10.5. The second-order valence-electron chi connectivity index (χ2n) is 4.35. The summed E-state index contributed by atoms with van der Waals surface area (Å²) >= 11 is 7.31. The average molecular weight is 312 g/mol. The number of benzene rings is 1. The summed E-state index contributed by atoms with van der Waals surface area (Å²) in [5.74, 6) is -0.817. The number of carboxylic acids is 1. The van der Waals surface area contributed by atoms with Crippen molar-refractivity contribution in [1.29, 1.82) is 0 Å². The molecule has 1 aromatic heterocycles. The Kier molecular flexibility index (Phi) is 4.92. The van der Waals surface area contributed by atoms with E-state index < -0.39 is 5.97 Å². The maximum absolute atomic E-state index is 10.5. The number of carboxylic acid groups (broad SMARTS) is 1. The van der Waals surface area contributed by atoms with Gasteiger partial charge in [-0.05, 0) is 17.7 Å². The zero-order valence-corrected chi connectivity index (χ0v) is 12.5. The summed E-state index contributed by atoms with van der Waals surface area (Å²) in [5.41, 5.74) is 1.12. The number of carbonyl (C=O) groups is 1. The highest BCUT2D eigenvalue weighted by atomic mass is 35.5. The molecule has 7 heteroatoms. The summed E-state index contributed by atoms with van der Waals surface area (Å²) in [6.45, 7) is 0.422. The van der Waals surface area contributed by atoms with Crippen LogP contribution in [-0.2, 0) is 11.2 Å². The Morgan fingerprint density at radius 2 is 2.05 bits per heavy atom. The topological polar surface area (TPSA) is 66.3 Å². The van der Waals surface area contributed by atoms with Gasteiger partial charge in [0.25, 0.3) is 0 Å². The van der Waals surface area contributed by atoms with Crippen molar-refractivity contribution in [3.63, 3.8) is 0 Å². The van der Waals surface area contributed by atoms with E-state index in [1.807, 2.05) is 31.3 Å². The fraction of sp³-hybridized carbons (Fsp3) is 0.308. The third kappa shape index (κ3) is 4.18. The van der Waals surface area contributed by atoms with Crippen LogP contribution in [0.2, 0.25) is 5.02 Å². The minimum absolute atomic E-state index is 0.0859. The van der Waals surface area contributed by atoms with E-state index in [1.165, 1.54) is 11.3 Å². The Morgan fingerprint density at radius 1 is 1.35 bits per heavy atom. The molecule has 1 heterocycles. The first kappa shape index (κ1) is 14.7. The van der Waals surface area contributed by atoms with E-state index in [4.69, 9.17) is 16.7 Å². The lowest BCUT2D eigenvalue weighted by Gasteiger charge is -2.12. The predicted octanol–water partition coefficient (Wildman–Crippen LogP) is 2.69. The van der Waals surface area contributed by atoms with E-state index in [0.717, 1.165) is 15.7 Å². The smallest absolute Gasteiger partial charge is 0.305 e. The summed E-state index contributed by atoms with van der Waals surface area (Å²) in [6, 6.07) is 7.60. The molecule has 0 aliphatic rings. The molecule has 2 aromatic rings. The fourth-order valence-corrected chi connectivity index (χ4v) is 2.59. The van der Waals surface area contributed by atoms with Crippen molar-refractivity contribution in [3.8, 4) is 0 Å². The molecule has 20 heavy (non-hydrogen) atoms. The molecular weight excluding hydrogens is 298 g/mol. The van der Waals surface area contributed by atoms with Gasteiger partial charge in [-0.15, -0.1) is 10.2 Å². The molecule has 0 radical (unpaired) electrons. The van der Waals surface area contributed by atoms with Crippen LogP contribution in [-0.4, -0.2) is 34.9 Å². The van der Waals surface area contributed by atoms with Gasteiger partial charge in [0.15, 0.2) is 0 Å². The molecule has 0 fully saturated rings. The Hall–Kier alpha value is -1.66. The maximum atomic E-state index is 10.5. The van der Waals surface area contributed by atoms with Gasteiger partial charge in [-0.2, -0.15) is 0 Å². The molecule has 5 nitrogen and oxygen atoms in total. The van der Waals surface area contributed by atoms with E-state index >= 15 is 0 Å². The number of nitrogens with zero attached hydrogens (tertiary/aromatic N) is 3. The van der Waals surface area contributed by atoms with E-state index in [-0.39, 0.29) is 6.42 Å². The van der Waals surface area contributed by atoms with Crippen LogP contribution >= 0.6 is 22.9 Å². The van der Waals surface area contributed by atoms with Gasteiger partial charge in [-0.1, -0.05) is 35.1 Å². The highest BCUT2D eigenvalue weighted by Gasteiger charge is 2.10. The molecule has 0 amide bonds. The van der Waals surface area contributed by atoms with Crippen LogP contribution in [0.25, 0.3) is 0 Å². The monoisotopic (exact) mass is 311 g/mol. The van der Waals surface area contributed by atoms with Crippen molar-refractivity contribution in [2.24, 2.45) is 0 Å². The van der Waals surface area contributed by atoms with Crippen molar-refractivity contribution in [2.75, 3.05) is 18.5 Å². The van der Waals surface area contributed by atoms with Crippen LogP contribution in [0.4, 0.5) is 5.13 Å². The molecule has 1 N–H and O–H groups in total. The summed E-state index contributed by atoms with van der Waals surface area (Å²) in [4.78, 5) is 12.3. The lowest BCUT2D eigenvalue weighted by Crippen LogP contribution is -2.20. The maximum Gasteiger partial charge on any atom is 0.305 e. The van der Waals surface area contributed by atoms with Crippen LogP contribution in [0.15, 0.2) is 24.3 Å². The number of hydrogen-bond donors (Lipinski definition) is 1. The minimum Gasteiger partial charge on any atom is -0.481 e. The van der Waals surface area contributed by atoms with Crippen molar-refractivity contribution in [3.05, 3.63) is 39.9 Å². The number of aromatic nitrogens is 2. The average Bonchev–Trinajstić information content (AvgIpc) is 2.87. The molecule has 0 unspecified atom stereocenters. The molecule has 0 aliphatic heterocycles. The van der Waals surface area contributed by atoms with Crippen LogP contribution in [0.1, 0.15) is 17.0 Å².